The van der Waals surface area contributed by atoms with Crippen molar-refractivity contribution >= 4 is 5.78 Å². The van der Waals surface area contributed by atoms with Gasteiger partial charge >= 0.3 is 6.18 Å². The number of allylic oxidation sites excluding steroid dienone is 1. The van der Waals surface area contributed by atoms with E-state index in [-0.39, 0.29) is 17.7 Å². The van der Waals surface area contributed by atoms with Crippen molar-refractivity contribution in [3.63, 3.8) is 0 Å². The molecule has 0 unspecified atom stereocenters. The van der Waals surface area contributed by atoms with E-state index in [0.717, 1.165) is 12.1 Å². The second-order valence-electron chi connectivity index (χ2n) is 3.28. The molecule has 0 heterocycles. The fourth-order valence-electron chi connectivity index (χ4n) is 1.31. The van der Waals surface area contributed by atoms with Crippen LogP contribution in [0.15, 0.2) is 24.8 Å². The molecule has 1 aromatic carbocycles. The molecule has 17 heavy (non-hydrogen) atoms. The normalized spacial score (nSPS) is 11.2. The number of aromatic hydroxyl groups is 2. The minimum atomic E-state index is -5.07. The number of phenols is 2. The Balaban J connectivity index is 3.33. The van der Waals surface area contributed by atoms with Gasteiger partial charge in [-0.15, -0.1) is 6.58 Å². The largest absolute Gasteiger partial charge is 0.508 e. The summed E-state index contributed by atoms with van der Waals surface area (Å²) in [6.07, 6.45) is -3.83. The maximum Gasteiger partial charge on any atom is 0.455 e. The summed E-state index contributed by atoms with van der Waals surface area (Å²) >= 11 is 0. The summed E-state index contributed by atoms with van der Waals surface area (Å²) in [6.45, 7) is 3.33. The summed E-state index contributed by atoms with van der Waals surface area (Å²) in [5.41, 5.74) is -1.04. The van der Waals surface area contributed by atoms with Crippen LogP contribution in [0.25, 0.3) is 0 Å². The average molecular weight is 246 g/mol. The van der Waals surface area contributed by atoms with Gasteiger partial charge in [0.05, 0.1) is 5.56 Å². The van der Waals surface area contributed by atoms with Crippen LogP contribution in [0.4, 0.5) is 13.2 Å². The minimum absolute atomic E-state index is 0.0450. The maximum atomic E-state index is 12.2. The number of hydrogen-bond donors (Lipinski definition) is 2. The molecule has 0 saturated carbocycles. The van der Waals surface area contributed by atoms with Gasteiger partial charge in [-0.05, 0) is 18.6 Å². The SMILES string of the molecule is C=CCc1c(O)ccc(C(=O)C(F)(F)F)c1O. The van der Waals surface area contributed by atoms with Gasteiger partial charge in [-0.3, -0.25) is 4.79 Å². The van der Waals surface area contributed by atoms with Crippen LogP contribution >= 0.6 is 0 Å². The van der Waals surface area contributed by atoms with Crippen LogP contribution in [0.2, 0.25) is 0 Å². The smallest absolute Gasteiger partial charge is 0.455 e. The van der Waals surface area contributed by atoms with E-state index in [1.807, 2.05) is 0 Å². The van der Waals surface area contributed by atoms with E-state index in [1.54, 1.807) is 0 Å². The maximum absolute atomic E-state index is 12.2. The summed E-state index contributed by atoms with van der Waals surface area (Å²) in [6, 6.07) is 1.66. The van der Waals surface area contributed by atoms with Gasteiger partial charge < -0.3 is 10.2 Å². The Bertz CT molecular complexity index is 464. The van der Waals surface area contributed by atoms with Gasteiger partial charge in [0, 0.05) is 5.56 Å². The predicted octanol–water partition coefficient (Wildman–Crippen LogP) is 2.57. The van der Waals surface area contributed by atoms with Crippen LogP contribution < -0.4 is 0 Å². The van der Waals surface area contributed by atoms with Crippen molar-refractivity contribution in [2.45, 2.75) is 12.6 Å². The highest BCUT2D eigenvalue weighted by atomic mass is 19.4. The van der Waals surface area contributed by atoms with Crippen LogP contribution in [0.1, 0.15) is 15.9 Å². The van der Waals surface area contributed by atoms with Gasteiger partial charge in [0.25, 0.3) is 5.78 Å². The lowest BCUT2D eigenvalue weighted by Crippen LogP contribution is -2.23. The van der Waals surface area contributed by atoms with E-state index in [0.29, 0.717) is 0 Å². The third-order valence-corrected chi connectivity index (χ3v) is 2.11. The molecule has 6 heteroatoms. The molecule has 0 fully saturated rings. The van der Waals surface area contributed by atoms with Gasteiger partial charge in [-0.25, -0.2) is 0 Å². The summed E-state index contributed by atoms with van der Waals surface area (Å²) in [5.74, 6) is -3.41. The topological polar surface area (TPSA) is 57.5 Å². The number of alkyl halides is 3. The van der Waals surface area contributed by atoms with Gasteiger partial charge in [-0.2, -0.15) is 13.2 Å². The Morgan fingerprint density at radius 3 is 2.41 bits per heavy atom. The highest BCUT2D eigenvalue weighted by molar-refractivity contribution is 6.03. The van der Waals surface area contributed by atoms with Gasteiger partial charge in [0.1, 0.15) is 11.5 Å². The van der Waals surface area contributed by atoms with Crippen molar-refractivity contribution in [2.75, 3.05) is 0 Å². The van der Waals surface area contributed by atoms with Crippen LogP contribution in [0.3, 0.4) is 0 Å². The molecule has 1 rings (SSSR count). The molecule has 1 aromatic rings. The summed E-state index contributed by atoms with van der Waals surface area (Å²) in [5, 5.41) is 18.8. The summed E-state index contributed by atoms with van der Waals surface area (Å²) < 4.78 is 36.6. The predicted molar refractivity (Wildman–Crippen MR) is 54.1 cm³/mol. The molecule has 0 aliphatic heterocycles. The van der Waals surface area contributed by atoms with Gasteiger partial charge in [0.2, 0.25) is 0 Å². The second-order valence-corrected chi connectivity index (χ2v) is 3.28. The van der Waals surface area contributed by atoms with E-state index < -0.39 is 23.3 Å². The molecule has 0 bridgehead atoms. The molecule has 0 aromatic heterocycles. The number of Topliss-reactive ketones (excluding diaryl/α,β-unsaturated/α-hetero) is 1. The zero-order valence-electron chi connectivity index (χ0n) is 8.58. The van der Waals surface area contributed by atoms with Crippen molar-refractivity contribution < 1.29 is 28.2 Å². The molecule has 0 aliphatic rings. The van der Waals surface area contributed by atoms with Crippen molar-refractivity contribution in [1.82, 2.24) is 0 Å². The molecule has 3 nitrogen and oxygen atoms in total. The first-order chi connectivity index (χ1) is 7.79. The first-order valence-corrected chi connectivity index (χ1v) is 4.55. The third kappa shape index (κ3) is 2.58. The molecule has 0 spiro atoms. The van der Waals surface area contributed by atoms with Gasteiger partial charge in [0.15, 0.2) is 0 Å². The van der Waals surface area contributed by atoms with Crippen LogP contribution in [-0.2, 0) is 6.42 Å². The average Bonchev–Trinajstić information content (AvgIpc) is 2.22. The monoisotopic (exact) mass is 246 g/mol. The van der Waals surface area contributed by atoms with E-state index in [9.17, 15) is 28.2 Å². The Hall–Kier alpha value is -1.98. The lowest BCUT2D eigenvalue weighted by molar-refractivity contribution is -0.0886. The zero-order valence-corrected chi connectivity index (χ0v) is 8.58. The molecular weight excluding hydrogens is 237 g/mol. The summed E-state index contributed by atoms with van der Waals surface area (Å²) in [7, 11) is 0. The fraction of sp³-hybridized carbons (Fsp3) is 0.182. The second kappa shape index (κ2) is 4.48. The third-order valence-electron chi connectivity index (χ3n) is 2.11. The molecule has 0 saturated heterocycles. The zero-order chi connectivity index (χ0) is 13.2. The standard InChI is InChI=1S/C11H9F3O3/c1-2-3-6-8(15)5-4-7(9(6)16)10(17)11(12,13)14/h2,4-5,15-16H,1,3H2. The number of phenolic OH excluding ortho intramolecular Hbond substituents is 2. The Morgan fingerprint density at radius 1 is 1.35 bits per heavy atom. The molecule has 0 radical (unpaired) electrons. The van der Waals surface area contributed by atoms with Crippen molar-refractivity contribution in [1.29, 1.82) is 0 Å². The van der Waals surface area contributed by atoms with Crippen molar-refractivity contribution in [2.24, 2.45) is 0 Å². The number of rotatable bonds is 3. The lowest BCUT2D eigenvalue weighted by atomic mass is 10.0. The summed E-state index contributed by atoms with van der Waals surface area (Å²) in [4.78, 5) is 11.0. The van der Waals surface area contributed by atoms with E-state index in [2.05, 4.69) is 6.58 Å². The molecule has 0 atom stereocenters. The van der Waals surface area contributed by atoms with E-state index in [1.165, 1.54) is 6.08 Å². The van der Waals surface area contributed by atoms with Crippen molar-refractivity contribution in [3.05, 3.63) is 35.9 Å². The lowest BCUT2D eigenvalue weighted by Gasteiger charge is -2.11. The van der Waals surface area contributed by atoms with Crippen LogP contribution in [-0.4, -0.2) is 22.2 Å². The number of halogens is 3. The molecule has 92 valence electrons. The number of benzene rings is 1. The Labute approximate surface area is 94.8 Å². The van der Waals surface area contributed by atoms with Crippen LogP contribution in [0.5, 0.6) is 11.5 Å². The van der Waals surface area contributed by atoms with Gasteiger partial charge in [-0.1, -0.05) is 6.08 Å². The molecule has 0 aliphatic carbocycles. The molecular formula is C11H9F3O3. The highest BCUT2D eigenvalue weighted by Gasteiger charge is 2.41. The first-order valence-electron chi connectivity index (χ1n) is 4.55. The van der Waals surface area contributed by atoms with E-state index >= 15 is 0 Å². The highest BCUT2D eigenvalue weighted by Crippen LogP contribution is 2.34. The van der Waals surface area contributed by atoms with Crippen molar-refractivity contribution in [3.8, 4) is 11.5 Å². The Kier molecular flexibility index (Phi) is 3.45. The number of hydrogen-bond acceptors (Lipinski definition) is 3. The van der Waals surface area contributed by atoms with E-state index in [4.69, 9.17) is 0 Å². The fourth-order valence-corrected chi connectivity index (χ4v) is 1.31. The molecule has 2 N–H and O–H groups in total. The number of carbonyl (C=O) groups excluding carboxylic acids is 1. The number of carbonyl (C=O) groups is 1. The van der Waals surface area contributed by atoms with Crippen LogP contribution in [0, 0.1) is 0 Å². The molecule has 0 amide bonds. The Morgan fingerprint density at radius 2 is 1.94 bits per heavy atom. The quantitative estimate of drug-likeness (QED) is 0.636. The first kappa shape index (κ1) is 13.1. The number of ketones is 1. The minimum Gasteiger partial charge on any atom is -0.508 e.